The van der Waals surface area contributed by atoms with Crippen molar-refractivity contribution in [3.63, 3.8) is 0 Å². The van der Waals surface area contributed by atoms with Gasteiger partial charge >= 0.3 is 5.97 Å². The zero-order valence-corrected chi connectivity index (χ0v) is 20.7. The van der Waals surface area contributed by atoms with Crippen molar-refractivity contribution >= 4 is 11.7 Å². The Kier molecular flexibility index (Phi) is 8.30. The van der Waals surface area contributed by atoms with Gasteiger partial charge < -0.3 is 14.7 Å². The molecule has 1 N–H and O–H groups in total. The number of aryl methyl sites for hydroxylation is 1. The van der Waals surface area contributed by atoms with Gasteiger partial charge in [0.2, 0.25) is 0 Å². The van der Waals surface area contributed by atoms with E-state index < -0.39 is 11.9 Å². The number of aromatic nitrogens is 2. The second kappa shape index (κ2) is 12.0. The molecular weight excluding hydrogens is 473 g/mol. The highest BCUT2D eigenvalue weighted by Gasteiger charge is 2.22. The summed E-state index contributed by atoms with van der Waals surface area (Å²) < 4.78 is 20.7. The van der Waals surface area contributed by atoms with Gasteiger partial charge in [-0.3, -0.25) is 4.79 Å². The number of rotatable bonds is 11. The number of ether oxygens (including phenoxy) is 1. The van der Waals surface area contributed by atoms with Gasteiger partial charge in [-0.1, -0.05) is 47.1 Å². The SMILES string of the molecule is C/C(=N\OCc1ccc(F)cc1)C(Cc1ccc(OCc2cnn(-c3ccc(C)cc3)c2)cc1)C(=O)O. The summed E-state index contributed by atoms with van der Waals surface area (Å²) in [6.07, 6.45) is 3.96. The van der Waals surface area contributed by atoms with Crippen LogP contribution in [-0.4, -0.2) is 26.6 Å². The van der Waals surface area contributed by atoms with Crippen LogP contribution in [0.4, 0.5) is 4.39 Å². The fraction of sp³-hybridized carbons (Fsp3) is 0.207. The first-order valence-electron chi connectivity index (χ1n) is 11.8. The van der Waals surface area contributed by atoms with E-state index >= 15 is 0 Å². The molecule has 0 saturated heterocycles. The van der Waals surface area contributed by atoms with E-state index in [1.807, 2.05) is 61.7 Å². The molecule has 4 aromatic rings. The van der Waals surface area contributed by atoms with Gasteiger partial charge in [0.1, 0.15) is 30.7 Å². The van der Waals surface area contributed by atoms with Gasteiger partial charge in [0.25, 0.3) is 0 Å². The van der Waals surface area contributed by atoms with Gasteiger partial charge in [-0.2, -0.15) is 5.10 Å². The lowest BCUT2D eigenvalue weighted by Crippen LogP contribution is -2.24. The largest absolute Gasteiger partial charge is 0.489 e. The third-order valence-corrected chi connectivity index (χ3v) is 5.86. The molecule has 1 heterocycles. The van der Waals surface area contributed by atoms with Crippen molar-refractivity contribution in [2.75, 3.05) is 0 Å². The molecular formula is C29H28FN3O4. The normalized spacial score (nSPS) is 12.2. The van der Waals surface area contributed by atoms with Crippen molar-refractivity contribution in [2.45, 2.75) is 33.5 Å². The first-order chi connectivity index (χ1) is 17.9. The van der Waals surface area contributed by atoms with Gasteiger partial charge in [-0.25, -0.2) is 9.07 Å². The van der Waals surface area contributed by atoms with Gasteiger partial charge in [0.05, 0.1) is 17.6 Å². The minimum absolute atomic E-state index is 0.125. The minimum Gasteiger partial charge on any atom is -0.489 e. The zero-order valence-electron chi connectivity index (χ0n) is 20.7. The van der Waals surface area contributed by atoms with E-state index in [0.29, 0.717) is 18.1 Å². The second-order valence-corrected chi connectivity index (χ2v) is 8.79. The lowest BCUT2D eigenvalue weighted by atomic mass is 9.95. The average molecular weight is 502 g/mol. The van der Waals surface area contributed by atoms with Gasteiger partial charge in [-0.05, 0) is 67.8 Å². The fourth-order valence-electron chi connectivity index (χ4n) is 3.66. The maximum Gasteiger partial charge on any atom is 0.312 e. The van der Waals surface area contributed by atoms with Crippen LogP contribution in [0, 0.1) is 18.7 Å². The summed E-state index contributed by atoms with van der Waals surface area (Å²) in [5, 5.41) is 18.1. The molecule has 0 fully saturated rings. The summed E-state index contributed by atoms with van der Waals surface area (Å²) in [6, 6.07) is 21.3. The van der Waals surface area contributed by atoms with Crippen LogP contribution < -0.4 is 4.74 Å². The predicted molar refractivity (Wildman–Crippen MR) is 138 cm³/mol. The Hall–Kier alpha value is -4.46. The van der Waals surface area contributed by atoms with Crippen LogP contribution in [0.3, 0.4) is 0 Å². The molecule has 0 spiro atoms. The molecule has 1 aromatic heterocycles. The number of halogens is 1. The highest BCUT2D eigenvalue weighted by molar-refractivity contribution is 6.00. The molecule has 8 heteroatoms. The number of hydrogen-bond acceptors (Lipinski definition) is 5. The fourth-order valence-corrected chi connectivity index (χ4v) is 3.66. The Morgan fingerprint density at radius 3 is 2.32 bits per heavy atom. The number of oxime groups is 1. The van der Waals surface area contributed by atoms with Gasteiger partial charge in [0.15, 0.2) is 0 Å². The number of benzene rings is 3. The Morgan fingerprint density at radius 1 is 0.973 bits per heavy atom. The van der Waals surface area contributed by atoms with E-state index in [2.05, 4.69) is 10.3 Å². The molecule has 0 aliphatic rings. The number of carbonyl (C=O) groups is 1. The maximum absolute atomic E-state index is 13.0. The smallest absolute Gasteiger partial charge is 0.312 e. The van der Waals surface area contributed by atoms with Gasteiger partial charge in [-0.15, -0.1) is 0 Å². The van der Waals surface area contributed by atoms with E-state index in [1.54, 1.807) is 29.9 Å². The molecule has 7 nitrogen and oxygen atoms in total. The number of aliphatic carboxylic acids is 1. The summed E-state index contributed by atoms with van der Waals surface area (Å²) in [5.74, 6) is -1.49. The van der Waals surface area contributed by atoms with Crippen molar-refractivity contribution in [1.82, 2.24) is 9.78 Å². The Balaban J connectivity index is 1.30. The van der Waals surface area contributed by atoms with Crippen LogP contribution >= 0.6 is 0 Å². The summed E-state index contributed by atoms with van der Waals surface area (Å²) in [6.45, 7) is 4.15. The predicted octanol–water partition coefficient (Wildman–Crippen LogP) is 5.73. The van der Waals surface area contributed by atoms with Crippen LogP contribution in [0.5, 0.6) is 5.75 Å². The highest BCUT2D eigenvalue weighted by Crippen LogP contribution is 2.19. The van der Waals surface area contributed by atoms with Crippen molar-refractivity contribution in [3.8, 4) is 11.4 Å². The van der Waals surface area contributed by atoms with E-state index in [1.165, 1.54) is 17.7 Å². The molecule has 190 valence electrons. The van der Waals surface area contributed by atoms with E-state index in [0.717, 1.165) is 22.4 Å². The molecule has 37 heavy (non-hydrogen) atoms. The van der Waals surface area contributed by atoms with Crippen LogP contribution in [-0.2, 0) is 29.3 Å². The summed E-state index contributed by atoms with van der Waals surface area (Å²) in [5.41, 5.74) is 5.02. The number of nitrogens with zero attached hydrogens (tertiary/aromatic N) is 3. The monoisotopic (exact) mass is 501 g/mol. The summed E-state index contributed by atoms with van der Waals surface area (Å²) in [4.78, 5) is 17.1. The second-order valence-electron chi connectivity index (χ2n) is 8.79. The molecule has 3 aromatic carbocycles. The topological polar surface area (TPSA) is 85.9 Å². The van der Waals surface area contributed by atoms with Crippen LogP contribution in [0.1, 0.15) is 29.2 Å². The molecule has 0 bridgehead atoms. The molecule has 0 aliphatic heterocycles. The molecule has 0 amide bonds. The highest BCUT2D eigenvalue weighted by atomic mass is 19.1. The Labute approximate surface area is 214 Å². The first-order valence-corrected chi connectivity index (χ1v) is 11.8. The lowest BCUT2D eigenvalue weighted by molar-refractivity contribution is -0.139. The minimum atomic E-state index is -0.988. The number of hydrogen-bond donors (Lipinski definition) is 1. The first kappa shape index (κ1) is 25.6. The molecule has 1 unspecified atom stereocenters. The zero-order chi connectivity index (χ0) is 26.2. The lowest BCUT2D eigenvalue weighted by Gasteiger charge is -2.13. The number of carboxylic acid groups (broad SMARTS) is 1. The molecule has 1 atom stereocenters. The quantitative estimate of drug-likeness (QED) is 0.209. The molecule has 0 saturated carbocycles. The standard InChI is InChI=1S/C29H28FN3O4/c1-20-3-11-26(12-4-20)33-17-24(16-31-33)18-36-27-13-7-22(8-14-27)15-28(29(34)35)21(2)32-37-19-23-5-9-25(30)10-6-23/h3-14,16-17,28H,15,18-19H2,1-2H3,(H,34,35)/b32-21+. The molecule has 0 radical (unpaired) electrons. The summed E-state index contributed by atoms with van der Waals surface area (Å²) in [7, 11) is 0. The van der Waals surface area contributed by atoms with Crippen LogP contribution in [0.25, 0.3) is 5.69 Å². The van der Waals surface area contributed by atoms with E-state index in [-0.39, 0.29) is 18.8 Å². The molecule has 0 aliphatic carbocycles. The summed E-state index contributed by atoms with van der Waals surface area (Å²) >= 11 is 0. The van der Waals surface area contributed by atoms with Crippen molar-refractivity contribution in [1.29, 1.82) is 0 Å². The third kappa shape index (κ3) is 7.27. The van der Waals surface area contributed by atoms with Crippen LogP contribution in [0.15, 0.2) is 90.3 Å². The maximum atomic E-state index is 13.0. The molecule has 4 rings (SSSR count). The van der Waals surface area contributed by atoms with E-state index in [9.17, 15) is 14.3 Å². The Morgan fingerprint density at radius 2 is 1.65 bits per heavy atom. The Bertz CT molecular complexity index is 1350. The van der Waals surface area contributed by atoms with Crippen LogP contribution in [0.2, 0.25) is 0 Å². The average Bonchev–Trinajstić information content (AvgIpc) is 3.37. The van der Waals surface area contributed by atoms with Gasteiger partial charge in [0, 0.05) is 11.8 Å². The third-order valence-electron chi connectivity index (χ3n) is 5.86. The number of carboxylic acids is 1. The van der Waals surface area contributed by atoms with Crippen molar-refractivity contribution in [2.24, 2.45) is 11.1 Å². The van der Waals surface area contributed by atoms with E-state index in [4.69, 9.17) is 9.57 Å². The van der Waals surface area contributed by atoms with Crippen molar-refractivity contribution < 1.29 is 23.9 Å². The van der Waals surface area contributed by atoms with Crippen molar-refractivity contribution in [3.05, 3.63) is 113 Å².